The van der Waals surface area contributed by atoms with Gasteiger partial charge in [0.15, 0.2) is 17.5 Å². The predicted octanol–water partition coefficient (Wildman–Crippen LogP) is 4.36. The summed E-state index contributed by atoms with van der Waals surface area (Å²) < 4.78 is 28.6. The monoisotopic (exact) mass is 452 g/mol. The number of aryl methyl sites for hydroxylation is 1. The Morgan fingerprint density at radius 1 is 1.18 bits per heavy atom. The lowest BCUT2D eigenvalue weighted by Crippen LogP contribution is -2.45. The third-order valence-electron chi connectivity index (χ3n) is 4.96. The Hall–Kier alpha value is -4.26. The smallest absolute Gasteiger partial charge is 0.404 e. The Morgan fingerprint density at radius 3 is 2.55 bits per heavy atom. The maximum Gasteiger partial charge on any atom is 0.404 e. The first-order valence-electron chi connectivity index (χ1n) is 10.1. The third kappa shape index (κ3) is 6.13. The average Bonchev–Trinajstić information content (AvgIpc) is 2.78. The van der Waals surface area contributed by atoms with E-state index in [1.54, 1.807) is 6.92 Å². The Kier molecular flexibility index (Phi) is 7.35. The van der Waals surface area contributed by atoms with Crippen LogP contribution in [0.5, 0.6) is 0 Å². The molecule has 8 nitrogen and oxygen atoms in total. The van der Waals surface area contributed by atoms with E-state index >= 15 is 0 Å². The molecule has 4 N–H and O–H groups in total. The van der Waals surface area contributed by atoms with Gasteiger partial charge in [-0.25, -0.2) is 18.6 Å². The van der Waals surface area contributed by atoms with Crippen LogP contribution in [-0.4, -0.2) is 33.3 Å². The summed E-state index contributed by atoms with van der Waals surface area (Å²) in [4.78, 5) is 19.3. The van der Waals surface area contributed by atoms with Gasteiger partial charge in [-0.05, 0) is 31.9 Å². The first-order valence-corrected chi connectivity index (χ1v) is 10.1. The largest absolute Gasteiger partial charge is 0.465 e. The Bertz CT molecular complexity index is 1180. The van der Waals surface area contributed by atoms with E-state index in [1.165, 1.54) is 19.2 Å². The van der Waals surface area contributed by atoms with Gasteiger partial charge in [-0.15, -0.1) is 0 Å². The number of halogens is 2. The quantitative estimate of drug-likeness (QED) is 0.400. The van der Waals surface area contributed by atoms with Crippen molar-refractivity contribution in [2.75, 3.05) is 10.6 Å². The molecule has 0 spiro atoms. The van der Waals surface area contributed by atoms with Crippen molar-refractivity contribution in [3.63, 3.8) is 0 Å². The van der Waals surface area contributed by atoms with Gasteiger partial charge in [0.25, 0.3) is 0 Å². The molecular weight excluding hydrogens is 430 g/mol. The Labute approximate surface area is 189 Å². The second-order valence-corrected chi connectivity index (χ2v) is 7.42. The lowest BCUT2D eigenvalue weighted by atomic mass is 10.0. The first-order chi connectivity index (χ1) is 15.8. The number of nitrogens with zero attached hydrogens (tertiary/aromatic N) is 3. The first kappa shape index (κ1) is 23.4. The van der Waals surface area contributed by atoms with Crippen LogP contribution in [0.1, 0.15) is 23.7 Å². The van der Waals surface area contributed by atoms with E-state index < -0.39 is 29.8 Å². The number of hydrogen-bond acceptors (Lipinski definition) is 6. The van der Waals surface area contributed by atoms with Crippen molar-refractivity contribution in [2.45, 2.75) is 32.4 Å². The van der Waals surface area contributed by atoms with Crippen LogP contribution in [0.15, 0.2) is 48.7 Å². The molecule has 3 aromatic rings. The van der Waals surface area contributed by atoms with Crippen LogP contribution >= 0.6 is 0 Å². The summed E-state index contributed by atoms with van der Waals surface area (Å²) in [5.74, 6) is -1.51. The summed E-state index contributed by atoms with van der Waals surface area (Å²) in [7, 11) is 0. The average molecular weight is 452 g/mol. The molecule has 0 aliphatic heterocycles. The number of nitriles is 1. The van der Waals surface area contributed by atoms with Crippen molar-refractivity contribution in [1.82, 2.24) is 15.3 Å². The van der Waals surface area contributed by atoms with Crippen molar-refractivity contribution < 1.29 is 18.7 Å². The number of nitrogens with one attached hydrogen (secondary N) is 3. The number of aromatic nitrogens is 2. The summed E-state index contributed by atoms with van der Waals surface area (Å²) >= 11 is 0. The number of benzene rings is 1. The van der Waals surface area contributed by atoms with Gasteiger partial charge in [0.05, 0.1) is 29.2 Å². The zero-order valence-corrected chi connectivity index (χ0v) is 17.9. The summed E-state index contributed by atoms with van der Waals surface area (Å²) in [5, 5.41) is 26.6. The third-order valence-corrected chi connectivity index (χ3v) is 4.96. The molecular formula is C23H22F2N6O2. The molecule has 1 amide bonds. The highest BCUT2D eigenvalue weighted by Gasteiger charge is 2.23. The molecule has 2 heterocycles. The van der Waals surface area contributed by atoms with Gasteiger partial charge >= 0.3 is 6.09 Å². The van der Waals surface area contributed by atoms with Gasteiger partial charge in [0, 0.05) is 12.1 Å². The van der Waals surface area contributed by atoms with E-state index in [0.29, 0.717) is 6.42 Å². The van der Waals surface area contributed by atoms with Gasteiger partial charge in [-0.2, -0.15) is 5.26 Å². The van der Waals surface area contributed by atoms with Crippen molar-refractivity contribution in [2.24, 2.45) is 0 Å². The SMILES string of the molecule is Cc1ncc(Nc2nc(N[C@@H](Cc3ccccc3)[C@H](C)NC(=O)O)c(F)cc2C#N)cc1F. The molecule has 0 saturated heterocycles. The van der Waals surface area contributed by atoms with Crippen LogP contribution in [0.3, 0.4) is 0 Å². The number of carbonyl (C=O) groups is 1. The molecule has 2 atom stereocenters. The Morgan fingerprint density at radius 2 is 1.91 bits per heavy atom. The van der Waals surface area contributed by atoms with Crippen LogP contribution < -0.4 is 16.0 Å². The number of pyridine rings is 2. The van der Waals surface area contributed by atoms with Gasteiger partial charge in [-0.3, -0.25) is 4.98 Å². The van der Waals surface area contributed by atoms with E-state index in [1.807, 2.05) is 36.4 Å². The molecule has 1 aromatic carbocycles. The molecule has 0 saturated carbocycles. The second-order valence-electron chi connectivity index (χ2n) is 7.42. The van der Waals surface area contributed by atoms with Crippen LogP contribution in [0.25, 0.3) is 0 Å². The molecule has 0 bridgehead atoms. The topological polar surface area (TPSA) is 123 Å². The number of hydrogen-bond donors (Lipinski definition) is 4. The molecule has 0 aliphatic rings. The molecule has 3 rings (SSSR count). The minimum absolute atomic E-state index is 0.00348. The number of rotatable bonds is 8. The van der Waals surface area contributed by atoms with Crippen LogP contribution in [0, 0.1) is 29.9 Å². The van der Waals surface area contributed by atoms with Gasteiger partial charge in [0.2, 0.25) is 0 Å². The van der Waals surface area contributed by atoms with Crippen LogP contribution in [-0.2, 0) is 6.42 Å². The molecule has 2 aromatic heterocycles. The molecule has 10 heteroatoms. The summed E-state index contributed by atoms with van der Waals surface area (Å²) in [5.41, 5.74) is 1.26. The van der Waals surface area contributed by atoms with Crippen molar-refractivity contribution >= 4 is 23.4 Å². The molecule has 0 fully saturated rings. The fourth-order valence-electron chi connectivity index (χ4n) is 3.17. The van der Waals surface area contributed by atoms with Gasteiger partial charge < -0.3 is 21.1 Å². The number of carboxylic acid groups (broad SMARTS) is 1. The highest BCUT2D eigenvalue weighted by atomic mass is 19.1. The van der Waals surface area contributed by atoms with Crippen LogP contribution in [0.2, 0.25) is 0 Å². The predicted molar refractivity (Wildman–Crippen MR) is 119 cm³/mol. The van der Waals surface area contributed by atoms with E-state index in [0.717, 1.165) is 11.6 Å². The zero-order chi connectivity index (χ0) is 24.0. The zero-order valence-electron chi connectivity index (χ0n) is 17.9. The summed E-state index contributed by atoms with van der Waals surface area (Å²) in [6.45, 7) is 3.16. The number of amides is 1. The van der Waals surface area contributed by atoms with E-state index in [-0.39, 0.29) is 28.6 Å². The van der Waals surface area contributed by atoms with Crippen molar-refractivity contribution in [3.8, 4) is 6.07 Å². The minimum Gasteiger partial charge on any atom is -0.465 e. The minimum atomic E-state index is -1.22. The molecule has 0 radical (unpaired) electrons. The molecule has 0 aliphatic carbocycles. The normalized spacial score (nSPS) is 12.3. The molecule has 33 heavy (non-hydrogen) atoms. The molecule has 0 unspecified atom stereocenters. The van der Waals surface area contributed by atoms with Gasteiger partial charge in [-0.1, -0.05) is 30.3 Å². The van der Waals surface area contributed by atoms with E-state index in [9.17, 15) is 18.8 Å². The fourth-order valence-corrected chi connectivity index (χ4v) is 3.17. The molecule has 170 valence electrons. The second kappa shape index (κ2) is 10.4. The highest BCUT2D eigenvalue weighted by Crippen LogP contribution is 2.25. The Balaban J connectivity index is 1.92. The summed E-state index contributed by atoms with van der Waals surface area (Å²) in [6, 6.07) is 12.2. The number of anilines is 3. The van der Waals surface area contributed by atoms with Crippen molar-refractivity contribution in [3.05, 3.63) is 77.1 Å². The highest BCUT2D eigenvalue weighted by molar-refractivity contribution is 5.66. The lowest BCUT2D eigenvalue weighted by molar-refractivity contribution is 0.189. The van der Waals surface area contributed by atoms with E-state index in [4.69, 9.17) is 5.11 Å². The standard InChI is InChI=1S/C23H22F2N6O2/c1-13-18(24)10-17(12-27-13)29-21-16(11-26)9-19(25)22(31-21)30-20(14(2)28-23(32)33)8-15-6-4-3-5-7-15/h3-7,9-10,12,14,20,28H,8H2,1-2H3,(H,32,33)(H2,29,30,31)/t14-,20-/m0/s1. The van der Waals surface area contributed by atoms with Crippen LogP contribution in [0.4, 0.5) is 30.9 Å². The lowest BCUT2D eigenvalue weighted by Gasteiger charge is -2.26. The maximum atomic E-state index is 14.8. The van der Waals surface area contributed by atoms with Gasteiger partial charge in [0.1, 0.15) is 11.9 Å². The maximum absolute atomic E-state index is 14.8. The summed E-state index contributed by atoms with van der Waals surface area (Å²) in [6.07, 6.45) is 0.528. The van der Waals surface area contributed by atoms with Crippen molar-refractivity contribution in [1.29, 1.82) is 5.26 Å². The van der Waals surface area contributed by atoms with E-state index in [2.05, 4.69) is 25.9 Å². The fraction of sp³-hybridized carbons (Fsp3) is 0.217.